The number of aryl methyl sites for hydroxylation is 1. The summed E-state index contributed by atoms with van der Waals surface area (Å²) in [5.74, 6) is 0.463. The number of hydrogen-bond donors (Lipinski definition) is 2. The van der Waals surface area contributed by atoms with E-state index in [9.17, 15) is 9.18 Å². The highest BCUT2D eigenvalue weighted by Crippen LogP contribution is 2.20. The third kappa shape index (κ3) is 7.12. The number of tetrazole rings is 1. The summed E-state index contributed by atoms with van der Waals surface area (Å²) in [5, 5.41) is 17.6. The molecular weight excluding hydrogens is 409 g/mol. The van der Waals surface area contributed by atoms with E-state index in [1.165, 1.54) is 12.1 Å². The van der Waals surface area contributed by atoms with E-state index < -0.39 is 0 Å². The average Bonchev–Trinajstić information content (AvgIpc) is 3.24. The molecule has 1 aromatic heterocycles. The van der Waals surface area contributed by atoms with E-state index in [1.807, 2.05) is 31.3 Å². The van der Waals surface area contributed by atoms with Crippen molar-refractivity contribution >= 4 is 11.7 Å². The second-order valence-corrected chi connectivity index (χ2v) is 7.76. The second kappa shape index (κ2) is 11.9. The van der Waals surface area contributed by atoms with Crippen molar-refractivity contribution in [2.45, 2.75) is 39.3 Å². The van der Waals surface area contributed by atoms with Gasteiger partial charge < -0.3 is 15.5 Å². The number of nitrogens with zero attached hydrogens (tertiary/aromatic N) is 5. The molecule has 0 bridgehead atoms. The van der Waals surface area contributed by atoms with Crippen molar-refractivity contribution < 1.29 is 9.18 Å². The third-order valence-corrected chi connectivity index (χ3v) is 4.96. The average molecular weight is 440 g/mol. The molecular formula is C23H30FN7O. The molecule has 0 fully saturated rings. The van der Waals surface area contributed by atoms with Crippen LogP contribution >= 0.6 is 0 Å². The number of rotatable bonds is 11. The first-order valence-electron chi connectivity index (χ1n) is 10.9. The normalized spacial score (nSPS) is 11.0. The number of carbonyl (C=O) groups is 1. The molecule has 8 nitrogen and oxygen atoms in total. The number of carbonyl (C=O) groups excluding carboxylic acids is 1. The fourth-order valence-corrected chi connectivity index (χ4v) is 3.37. The Kier molecular flexibility index (Phi) is 8.68. The smallest absolute Gasteiger partial charge is 0.319 e. The van der Waals surface area contributed by atoms with Gasteiger partial charge >= 0.3 is 6.03 Å². The largest absolute Gasteiger partial charge is 0.338 e. The molecule has 3 aromatic rings. The van der Waals surface area contributed by atoms with E-state index in [4.69, 9.17) is 0 Å². The van der Waals surface area contributed by atoms with Crippen LogP contribution in [0.3, 0.4) is 0 Å². The first-order valence-corrected chi connectivity index (χ1v) is 10.9. The maximum atomic E-state index is 13.0. The fraction of sp³-hybridized carbons (Fsp3) is 0.391. The Morgan fingerprint density at radius 3 is 2.75 bits per heavy atom. The Morgan fingerprint density at radius 2 is 1.97 bits per heavy atom. The minimum atomic E-state index is -0.241. The monoisotopic (exact) mass is 439 g/mol. The van der Waals surface area contributed by atoms with Gasteiger partial charge in [-0.05, 0) is 73.1 Å². The summed E-state index contributed by atoms with van der Waals surface area (Å²) >= 11 is 0. The minimum absolute atomic E-state index is 0.218. The van der Waals surface area contributed by atoms with Crippen LogP contribution in [0.4, 0.5) is 14.9 Å². The zero-order valence-electron chi connectivity index (χ0n) is 18.6. The van der Waals surface area contributed by atoms with E-state index in [-0.39, 0.29) is 11.8 Å². The van der Waals surface area contributed by atoms with Gasteiger partial charge in [0.15, 0.2) is 5.82 Å². The predicted octanol–water partition coefficient (Wildman–Crippen LogP) is 3.92. The lowest BCUT2D eigenvalue weighted by molar-refractivity contribution is 0.251. The summed E-state index contributed by atoms with van der Waals surface area (Å²) in [6, 6.07) is 13.8. The molecule has 0 aliphatic heterocycles. The van der Waals surface area contributed by atoms with Gasteiger partial charge in [0.2, 0.25) is 0 Å². The number of benzene rings is 2. The maximum Gasteiger partial charge on any atom is 0.319 e. The van der Waals surface area contributed by atoms with E-state index in [2.05, 4.69) is 38.0 Å². The number of anilines is 1. The maximum absolute atomic E-state index is 13.0. The number of halogens is 1. The summed E-state index contributed by atoms with van der Waals surface area (Å²) in [6.07, 6.45) is 2.75. The molecule has 3 rings (SSSR count). The van der Waals surface area contributed by atoms with Crippen LogP contribution < -0.4 is 10.6 Å². The highest BCUT2D eigenvalue weighted by atomic mass is 19.1. The SMILES string of the molecule is CCCn1nnnc1-c1cccc(NC(=O)NCCCCN(C)Cc2ccc(F)cc2)c1. The van der Waals surface area contributed by atoms with Gasteiger partial charge in [0.1, 0.15) is 5.82 Å². The number of urea groups is 1. The van der Waals surface area contributed by atoms with Crippen molar-refractivity contribution in [3.05, 3.63) is 59.9 Å². The summed E-state index contributed by atoms with van der Waals surface area (Å²) in [6.45, 7) is 5.06. The van der Waals surface area contributed by atoms with Crippen LogP contribution in [0, 0.1) is 5.82 Å². The minimum Gasteiger partial charge on any atom is -0.338 e. The molecule has 2 aromatic carbocycles. The van der Waals surface area contributed by atoms with Crippen LogP contribution in [0.15, 0.2) is 48.5 Å². The molecule has 1 heterocycles. The van der Waals surface area contributed by atoms with Crippen LogP contribution in [0.1, 0.15) is 31.7 Å². The number of nitrogens with one attached hydrogen (secondary N) is 2. The number of unbranched alkanes of at least 4 members (excludes halogenated alkanes) is 1. The molecule has 2 amide bonds. The fourth-order valence-electron chi connectivity index (χ4n) is 3.37. The van der Waals surface area contributed by atoms with Crippen molar-refractivity contribution in [1.82, 2.24) is 30.4 Å². The van der Waals surface area contributed by atoms with Gasteiger partial charge in [-0.2, -0.15) is 0 Å². The van der Waals surface area contributed by atoms with Gasteiger partial charge in [-0.3, -0.25) is 0 Å². The van der Waals surface area contributed by atoms with Crippen LogP contribution in [0.25, 0.3) is 11.4 Å². The molecule has 2 N–H and O–H groups in total. The Labute approximate surface area is 187 Å². The van der Waals surface area contributed by atoms with Crippen LogP contribution in [-0.2, 0) is 13.1 Å². The Morgan fingerprint density at radius 1 is 1.16 bits per heavy atom. The summed E-state index contributed by atoms with van der Waals surface area (Å²) in [7, 11) is 2.04. The summed E-state index contributed by atoms with van der Waals surface area (Å²) in [5.41, 5.74) is 2.62. The van der Waals surface area contributed by atoms with Crippen molar-refractivity contribution in [1.29, 1.82) is 0 Å². The van der Waals surface area contributed by atoms with Gasteiger partial charge in [-0.25, -0.2) is 13.9 Å². The summed E-state index contributed by atoms with van der Waals surface area (Å²) in [4.78, 5) is 14.4. The standard InChI is InChI=1S/C23H30FN7O/c1-3-14-31-22(27-28-29-31)19-7-6-8-21(16-19)26-23(32)25-13-4-5-15-30(2)17-18-9-11-20(24)12-10-18/h6-12,16H,3-5,13-15,17H2,1-2H3,(H2,25,26,32). The lowest BCUT2D eigenvalue weighted by Gasteiger charge is -2.16. The first-order chi connectivity index (χ1) is 15.5. The molecule has 0 aliphatic rings. The van der Waals surface area contributed by atoms with Gasteiger partial charge in [-0.15, -0.1) is 5.10 Å². The lowest BCUT2D eigenvalue weighted by atomic mass is 10.2. The van der Waals surface area contributed by atoms with E-state index in [0.29, 0.717) is 18.1 Å². The molecule has 0 saturated carbocycles. The topological polar surface area (TPSA) is 88.0 Å². The molecule has 0 aliphatic carbocycles. The summed E-state index contributed by atoms with van der Waals surface area (Å²) < 4.78 is 14.7. The molecule has 0 radical (unpaired) electrons. The molecule has 0 saturated heterocycles. The van der Waals surface area contributed by atoms with Gasteiger partial charge in [-0.1, -0.05) is 31.2 Å². The Bertz CT molecular complexity index is 990. The number of amides is 2. The zero-order valence-corrected chi connectivity index (χ0v) is 18.6. The van der Waals surface area contributed by atoms with Crippen molar-refractivity contribution in [2.24, 2.45) is 0 Å². The molecule has 32 heavy (non-hydrogen) atoms. The number of aromatic nitrogens is 4. The van der Waals surface area contributed by atoms with Gasteiger partial charge in [0.05, 0.1) is 0 Å². The molecule has 170 valence electrons. The highest BCUT2D eigenvalue weighted by Gasteiger charge is 2.10. The molecule has 0 atom stereocenters. The third-order valence-electron chi connectivity index (χ3n) is 4.96. The van der Waals surface area contributed by atoms with E-state index >= 15 is 0 Å². The van der Waals surface area contributed by atoms with Crippen LogP contribution in [0.2, 0.25) is 0 Å². The zero-order chi connectivity index (χ0) is 22.8. The van der Waals surface area contributed by atoms with Crippen molar-refractivity contribution in [2.75, 3.05) is 25.5 Å². The Balaban J connectivity index is 1.38. The van der Waals surface area contributed by atoms with Gasteiger partial charge in [0, 0.05) is 30.9 Å². The predicted molar refractivity (Wildman–Crippen MR) is 123 cm³/mol. The van der Waals surface area contributed by atoms with Crippen molar-refractivity contribution in [3.8, 4) is 11.4 Å². The first kappa shape index (κ1) is 23.3. The highest BCUT2D eigenvalue weighted by molar-refractivity contribution is 5.89. The Hall–Kier alpha value is -3.33. The van der Waals surface area contributed by atoms with E-state index in [0.717, 1.165) is 50.0 Å². The number of hydrogen-bond acceptors (Lipinski definition) is 5. The van der Waals surface area contributed by atoms with Gasteiger partial charge in [0.25, 0.3) is 0 Å². The van der Waals surface area contributed by atoms with Crippen LogP contribution in [0.5, 0.6) is 0 Å². The molecule has 9 heteroatoms. The lowest BCUT2D eigenvalue weighted by Crippen LogP contribution is -2.30. The molecule has 0 unspecified atom stereocenters. The molecule has 0 spiro atoms. The van der Waals surface area contributed by atoms with E-state index in [1.54, 1.807) is 16.8 Å². The quantitative estimate of drug-likeness (QED) is 0.442. The second-order valence-electron chi connectivity index (χ2n) is 7.76. The van der Waals surface area contributed by atoms with Crippen LogP contribution in [-0.4, -0.2) is 51.3 Å². The van der Waals surface area contributed by atoms with Crippen molar-refractivity contribution in [3.63, 3.8) is 0 Å².